The summed E-state index contributed by atoms with van der Waals surface area (Å²) in [5.41, 5.74) is 13.2. The van der Waals surface area contributed by atoms with Gasteiger partial charge in [-0.2, -0.15) is 0 Å². The normalized spacial score (nSPS) is 13.1. The Morgan fingerprint density at radius 3 is 1.88 bits per heavy atom. The molecule has 278 valence electrons. The van der Waals surface area contributed by atoms with Crippen LogP contribution in [0.1, 0.15) is 25.0 Å². The second kappa shape index (κ2) is 12.8. The first-order valence-corrected chi connectivity index (χ1v) is 20.6. The fourth-order valence-electron chi connectivity index (χ4n) is 8.85. The Labute approximate surface area is 343 Å². The minimum Gasteiger partial charge on any atom is -0.456 e. The fourth-order valence-corrected chi connectivity index (χ4v) is 10.0. The van der Waals surface area contributed by atoms with Crippen molar-refractivity contribution in [1.82, 2.24) is 24.9 Å². The van der Waals surface area contributed by atoms with Gasteiger partial charge >= 0.3 is 0 Å². The van der Waals surface area contributed by atoms with Crippen LogP contribution in [0.3, 0.4) is 0 Å². The molecule has 0 fully saturated rings. The zero-order valence-corrected chi connectivity index (χ0v) is 33.0. The van der Waals surface area contributed by atoms with Gasteiger partial charge in [0.15, 0.2) is 23.3 Å². The molecule has 0 bridgehead atoms. The van der Waals surface area contributed by atoms with Gasteiger partial charge in [-0.3, -0.25) is 0 Å². The molecule has 0 radical (unpaired) electrons. The summed E-state index contributed by atoms with van der Waals surface area (Å²) in [5, 5.41) is 2.99. The van der Waals surface area contributed by atoms with Gasteiger partial charge in [-0.1, -0.05) is 141 Å². The molecule has 6 nitrogen and oxygen atoms in total. The van der Waals surface area contributed by atoms with Crippen LogP contribution in [-0.4, -0.2) is 24.9 Å². The van der Waals surface area contributed by atoms with E-state index in [-0.39, 0.29) is 5.41 Å². The number of hydrogen-bond donors (Lipinski definition) is 0. The van der Waals surface area contributed by atoms with Crippen molar-refractivity contribution < 1.29 is 4.42 Å². The van der Waals surface area contributed by atoms with Crippen LogP contribution in [0.5, 0.6) is 0 Å². The van der Waals surface area contributed by atoms with E-state index in [4.69, 9.17) is 29.3 Å². The Bertz CT molecular complexity index is 3420. The quantitative estimate of drug-likeness (QED) is 0.173. The first kappa shape index (κ1) is 33.8. The van der Waals surface area contributed by atoms with Gasteiger partial charge in [-0.05, 0) is 58.7 Å². The zero-order valence-electron chi connectivity index (χ0n) is 32.1. The van der Waals surface area contributed by atoms with E-state index in [1.807, 2.05) is 78.9 Å². The van der Waals surface area contributed by atoms with Crippen LogP contribution in [0.4, 0.5) is 0 Å². The molecule has 4 heterocycles. The highest BCUT2D eigenvalue weighted by Crippen LogP contribution is 2.50. The highest BCUT2D eigenvalue weighted by molar-refractivity contribution is 7.26. The van der Waals surface area contributed by atoms with Crippen molar-refractivity contribution >= 4 is 53.6 Å². The number of rotatable bonds is 5. The average molecular weight is 776 g/mol. The Hall–Kier alpha value is -7.35. The summed E-state index contributed by atoms with van der Waals surface area (Å²) < 4.78 is 8.79. The molecule has 7 heteroatoms. The summed E-state index contributed by atoms with van der Waals surface area (Å²) in [6.45, 7) is 4.64. The maximum absolute atomic E-state index is 6.52. The first-order valence-electron chi connectivity index (χ1n) is 19.7. The number of benzene rings is 7. The van der Waals surface area contributed by atoms with Gasteiger partial charge in [-0.25, -0.2) is 24.9 Å². The maximum atomic E-state index is 6.52. The van der Waals surface area contributed by atoms with Crippen molar-refractivity contribution in [3.8, 4) is 67.9 Å². The van der Waals surface area contributed by atoms with Gasteiger partial charge in [0.05, 0.1) is 15.9 Å². The van der Waals surface area contributed by atoms with Crippen LogP contribution in [0, 0.1) is 0 Å². The van der Waals surface area contributed by atoms with Crippen LogP contribution >= 0.6 is 11.3 Å². The Morgan fingerprint density at radius 1 is 0.441 bits per heavy atom. The Morgan fingerprint density at radius 2 is 1.08 bits per heavy atom. The molecular formula is C52H33N5OS. The third-order valence-corrected chi connectivity index (χ3v) is 12.9. The summed E-state index contributed by atoms with van der Waals surface area (Å²) in [6.07, 6.45) is 0. The number of thiophene rings is 1. The van der Waals surface area contributed by atoms with Gasteiger partial charge in [-0.15, -0.1) is 11.3 Å². The number of aromatic nitrogens is 5. The number of hydrogen-bond acceptors (Lipinski definition) is 7. The number of nitrogens with zero attached hydrogens (tertiary/aromatic N) is 5. The predicted octanol–water partition coefficient (Wildman–Crippen LogP) is 13.6. The van der Waals surface area contributed by atoms with E-state index in [9.17, 15) is 0 Å². The van der Waals surface area contributed by atoms with E-state index >= 15 is 0 Å². The van der Waals surface area contributed by atoms with Gasteiger partial charge < -0.3 is 4.42 Å². The summed E-state index contributed by atoms with van der Waals surface area (Å²) in [6, 6.07) is 56.6. The molecular weight excluding hydrogens is 743 g/mol. The lowest BCUT2D eigenvalue weighted by Gasteiger charge is -2.22. The lowest BCUT2D eigenvalue weighted by molar-refractivity contribution is 0.660. The summed E-state index contributed by atoms with van der Waals surface area (Å²) in [4.78, 5) is 25.9. The lowest BCUT2D eigenvalue weighted by Crippen LogP contribution is -2.14. The van der Waals surface area contributed by atoms with Gasteiger partial charge in [0.2, 0.25) is 0 Å². The second-order valence-electron chi connectivity index (χ2n) is 15.6. The van der Waals surface area contributed by atoms with Crippen molar-refractivity contribution in [2.45, 2.75) is 19.3 Å². The van der Waals surface area contributed by atoms with Crippen molar-refractivity contribution in [2.24, 2.45) is 0 Å². The molecule has 0 atom stereocenters. The van der Waals surface area contributed by atoms with Crippen molar-refractivity contribution in [3.05, 3.63) is 175 Å². The Kier molecular flexibility index (Phi) is 7.34. The van der Waals surface area contributed by atoms with E-state index in [1.54, 1.807) is 11.3 Å². The molecule has 7 aromatic carbocycles. The van der Waals surface area contributed by atoms with Gasteiger partial charge in [0, 0.05) is 54.1 Å². The monoisotopic (exact) mass is 775 g/mol. The van der Waals surface area contributed by atoms with Crippen LogP contribution in [0.2, 0.25) is 0 Å². The van der Waals surface area contributed by atoms with Crippen LogP contribution < -0.4 is 0 Å². The molecule has 12 rings (SSSR count). The van der Waals surface area contributed by atoms with E-state index in [0.717, 1.165) is 71.1 Å². The smallest absolute Gasteiger partial charge is 0.164 e. The van der Waals surface area contributed by atoms with Crippen molar-refractivity contribution in [3.63, 3.8) is 0 Å². The Balaban J connectivity index is 1.06. The average Bonchev–Trinajstić information content (AvgIpc) is 3.94. The van der Waals surface area contributed by atoms with E-state index < -0.39 is 0 Å². The van der Waals surface area contributed by atoms with Gasteiger partial charge in [0.25, 0.3) is 0 Å². The molecule has 0 spiro atoms. The van der Waals surface area contributed by atoms with Crippen LogP contribution in [0.25, 0.3) is 110 Å². The molecule has 0 amide bonds. The summed E-state index contributed by atoms with van der Waals surface area (Å²) >= 11 is 1.75. The zero-order chi connectivity index (χ0) is 39.2. The van der Waals surface area contributed by atoms with Gasteiger partial charge in [0.1, 0.15) is 11.2 Å². The molecule has 4 aromatic heterocycles. The highest BCUT2D eigenvalue weighted by Gasteiger charge is 2.35. The van der Waals surface area contributed by atoms with Crippen LogP contribution in [-0.2, 0) is 5.41 Å². The van der Waals surface area contributed by atoms with Crippen molar-refractivity contribution in [2.75, 3.05) is 0 Å². The third-order valence-electron chi connectivity index (χ3n) is 11.8. The number of furan rings is 1. The SMILES string of the molecule is CC1(C)c2ccccc2-c2ccc(-c3nc(-c4ccc5oc6cccc(-c7nc(-c8ccccc8)nc(-c8ccccc8)n7)c6c5c4)nc4c3sc3ccccc34)cc21. The minimum atomic E-state index is -0.135. The highest BCUT2D eigenvalue weighted by atomic mass is 32.1. The third kappa shape index (κ3) is 5.28. The molecule has 1 aliphatic rings. The molecule has 0 saturated heterocycles. The van der Waals surface area contributed by atoms with E-state index in [1.165, 1.54) is 27.0 Å². The minimum absolute atomic E-state index is 0.135. The van der Waals surface area contributed by atoms with E-state index in [2.05, 4.69) is 98.8 Å². The second-order valence-corrected chi connectivity index (χ2v) is 16.7. The molecule has 0 unspecified atom stereocenters. The summed E-state index contributed by atoms with van der Waals surface area (Å²) in [5.74, 6) is 2.44. The summed E-state index contributed by atoms with van der Waals surface area (Å²) in [7, 11) is 0. The first-order chi connectivity index (χ1) is 29.0. The number of fused-ring (bicyclic) bond motifs is 9. The lowest BCUT2D eigenvalue weighted by atomic mass is 9.82. The molecule has 11 aromatic rings. The maximum Gasteiger partial charge on any atom is 0.164 e. The standard InChI is InChI=1S/C52H33N5OS/c1-52(2)39-21-11-9-18-34(39)35-26-24-32(29-40(35)52)45-47-46(36-19-10-12-23-43(36)59-47)54-50(53-45)33-25-27-41-38(28-33)44-37(20-13-22-42(44)58-41)51-56-48(30-14-5-3-6-15-30)55-49(57-51)31-16-7-4-8-17-31/h3-29H,1-2H3. The van der Waals surface area contributed by atoms with E-state index in [0.29, 0.717) is 23.3 Å². The predicted molar refractivity (Wildman–Crippen MR) is 240 cm³/mol. The molecule has 0 saturated carbocycles. The fraction of sp³-hybridized carbons (Fsp3) is 0.0577. The molecule has 0 N–H and O–H groups in total. The largest absolute Gasteiger partial charge is 0.456 e. The molecule has 1 aliphatic carbocycles. The molecule has 0 aliphatic heterocycles. The van der Waals surface area contributed by atoms with Crippen LogP contribution in [0.15, 0.2) is 168 Å². The van der Waals surface area contributed by atoms with Crippen molar-refractivity contribution in [1.29, 1.82) is 0 Å². The topological polar surface area (TPSA) is 77.6 Å². The molecule has 59 heavy (non-hydrogen) atoms.